The van der Waals surface area contributed by atoms with Crippen molar-refractivity contribution >= 4 is 5.91 Å². The minimum atomic E-state index is -0.204. The van der Waals surface area contributed by atoms with E-state index >= 15 is 0 Å². The number of nitrogens with two attached hydrogens (primary N) is 1. The zero-order valence-corrected chi connectivity index (χ0v) is 7.68. The van der Waals surface area contributed by atoms with E-state index in [4.69, 9.17) is 5.73 Å². The quantitative estimate of drug-likeness (QED) is 0.653. The van der Waals surface area contributed by atoms with Gasteiger partial charge in [-0.3, -0.25) is 4.79 Å². The molecule has 70 valence electrons. The Labute approximate surface area is 73.7 Å². The minimum Gasteiger partial charge on any atom is -0.368 e. The topological polar surface area (TPSA) is 55.1 Å². The van der Waals surface area contributed by atoms with E-state index in [0.717, 1.165) is 12.8 Å². The largest absolute Gasteiger partial charge is 0.368 e. The van der Waals surface area contributed by atoms with Crippen LogP contribution in [0.5, 0.6) is 0 Å². The van der Waals surface area contributed by atoms with Crippen LogP contribution < -0.4 is 11.1 Å². The van der Waals surface area contributed by atoms with Gasteiger partial charge in [0, 0.05) is 0 Å². The minimum absolute atomic E-state index is 0.106. The number of carbonyl (C=O) groups is 1. The van der Waals surface area contributed by atoms with Gasteiger partial charge in [-0.1, -0.05) is 19.3 Å². The van der Waals surface area contributed by atoms with Crippen LogP contribution in [0.2, 0.25) is 0 Å². The predicted octanol–water partition coefficient (Wildman–Crippen LogP) is 0.640. The molecule has 0 aromatic heterocycles. The predicted molar refractivity (Wildman–Crippen MR) is 48.6 cm³/mol. The number of primary amides is 1. The van der Waals surface area contributed by atoms with Crippen LogP contribution in [0.3, 0.4) is 0 Å². The van der Waals surface area contributed by atoms with Gasteiger partial charge in [-0.25, -0.2) is 0 Å². The fraction of sp³-hybridized carbons (Fsp3) is 0.889. The normalized spacial score (nSPS) is 22.1. The van der Waals surface area contributed by atoms with E-state index in [0.29, 0.717) is 5.92 Å². The fourth-order valence-electron chi connectivity index (χ4n) is 2.08. The van der Waals surface area contributed by atoms with Gasteiger partial charge in [-0.05, 0) is 25.8 Å². The molecule has 1 fully saturated rings. The van der Waals surface area contributed by atoms with Crippen molar-refractivity contribution in [3.8, 4) is 0 Å². The van der Waals surface area contributed by atoms with Gasteiger partial charge in [-0.15, -0.1) is 0 Å². The summed E-state index contributed by atoms with van der Waals surface area (Å²) in [5, 5.41) is 3.00. The lowest BCUT2D eigenvalue weighted by atomic mass is 9.84. The van der Waals surface area contributed by atoms with Crippen molar-refractivity contribution in [2.45, 2.75) is 38.1 Å². The van der Waals surface area contributed by atoms with Gasteiger partial charge >= 0.3 is 0 Å². The highest BCUT2D eigenvalue weighted by Gasteiger charge is 2.25. The SMILES string of the molecule is CN[C@H](C(N)=O)C1CCCCC1. The molecule has 0 spiro atoms. The average molecular weight is 170 g/mol. The zero-order valence-electron chi connectivity index (χ0n) is 7.68. The molecule has 0 heterocycles. The van der Waals surface area contributed by atoms with Gasteiger partial charge in [0.2, 0.25) is 5.91 Å². The molecular formula is C9H18N2O. The Balaban J connectivity index is 2.46. The van der Waals surface area contributed by atoms with Gasteiger partial charge < -0.3 is 11.1 Å². The molecule has 1 aliphatic rings. The molecule has 1 saturated carbocycles. The van der Waals surface area contributed by atoms with E-state index in [1.165, 1.54) is 19.3 Å². The van der Waals surface area contributed by atoms with Crippen LogP contribution in [0, 0.1) is 5.92 Å². The summed E-state index contributed by atoms with van der Waals surface area (Å²) in [7, 11) is 1.81. The lowest BCUT2D eigenvalue weighted by Gasteiger charge is -2.27. The highest BCUT2D eigenvalue weighted by Crippen LogP contribution is 2.26. The van der Waals surface area contributed by atoms with Gasteiger partial charge in [0.05, 0.1) is 6.04 Å². The lowest BCUT2D eigenvalue weighted by molar-refractivity contribution is -0.121. The summed E-state index contributed by atoms with van der Waals surface area (Å²) in [6.45, 7) is 0. The maximum atomic E-state index is 11.0. The Morgan fingerprint density at radius 3 is 2.42 bits per heavy atom. The van der Waals surface area contributed by atoms with Gasteiger partial charge in [0.15, 0.2) is 0 Å². The van der Waals surface area contributed by atoms with Crippen molar-refractivity contribution < 1.29 is 4.79 Å². The van der Waals surface area contributed by atoms with Crippen LogP contribution in [0.25, 0.3) is 0 Å². The van der Waals surface area contributed by atoms with E-state index in [1.54, 1.807) is 0 Å². The number of nitrogens with one attached hydrogen (secondary N) is 1. The molecule has 1 atom stereocenters. The Morgan fingerprint density at radius 1 is 1.42 bits per heavy atom. The first-order valence-electron chi connectivity index (χ1n) is 4.72. The van der Waals surface area contributed by atoms with Crippen LogP contribution in [-0.2, 0) is 4.79 Å². The number of carbonyl (C=O) groups excluding carboxylic acids is 1. The highest BCUT2D eigenvalue weighted by molar-refractivity contribution is 5.80. The molecule has 0 aliphatic heterocycles. The molecule has 0 radical (unpaired) electrons. The standard InChI is InChI=1S/C9H18N2O/c1-11-8(9(10)12)7-5-3-2-4-6-7/h7-8,11H,2-6H2,1H3,(H2,10,12)/t8-/m0/s1. The van der Waals surface area contributed by atoms with E-state index in [2.05, 4.69) is 5.32 Å². The van der Waals surface area contributed by atoms with Crippen LogP contribution in [-0.4, -0.2) is 19.0 Å². The van der Waals surface area contributed by atoms with Crippen molar-refractivity contribution in [2.24, 2.45) is 11.7 Å². The van der Waals surface area contributed by atoms with Crippen molar-refractivity contribution in [1.29, 1.82) is 0 Å². The van der Waals surface area contributed by atoms with E-state index < -0.39 is 0 Å². The Kier molecular flexibility index (Phi) is 3.53. The molecule has 12 heavy (non-hydrogen) atoms. The third-order valence-electron chi connectivity index (χ3n) is 2.74. The molecule has 0 saturated heterocycles. The van der Waals surface area contributed by atoms with Gasteiger partial charge in [0.25, 0.3) is 0 Å². The van der Waals surface area contributed by atoms with Gasteiger partial charge in [0.1, 0.15) is 0 Å². The monoisotopic (exact) mass is 170 g/mol. The maximum absolute atomic E-state index is 11.0. The van der Waals surface area contributed by atoms with Crippen LogP contribution in [0.15, 0.2) is 0 Å². The summed E-state index contributed by atoms with van der Waals surface area (Å²) in [5.41, 5.74) is 5.28. The number of rotatable bonds is 3. The molecule has 3 N–H and O–H groups in total. The molecule has 0 aromatic carbocycles. The van der Waals surface area contributed by atoms with Crippen molar-refractivity contribution in [1.82, 2.24) is 5.32 Å². The van der Waals surface area contributed by atoms with Crippen molar-refractivity contribution in [2.75, 3.05) is 7.05 Å². The second-order valence-electron chi connectivity index (χ2n) is 3.57. The average Bonchev–Trinajstić information content (AvgIpc) is 2.07. The second kappa shape index (κ2) is 4.45. The summed E-state index contributed by atoms with van der Waals surface area (Å²) in [4.78, 5) is 11.0. The summed E-state index contributed by atoms with van der Waals surface area (Å²) in [6.07, 6.45) is 6.10. The molecule has 3 heteroatoms. The van der Waals surface area contributed by atoms with Gasteiger partial charge in [-0.2, -0.15) is 0 Å². The summed E-state index contributed by atoms with van der Waals surface area (Å²) in [6, 6.07) is -0.106. The van der Waals surface area contributed by atoms with E-state index in [9.17, 15) is 4.79 Å². The number of hydrogen-bond acceptors (Lipinski definition) is 2. The van der Waals surface area contributed by atoms with Crippen molar-refractivity contribution in [3.05, 3.63) is 0 Å². The Hall–Kier alpha value is -0.570. The van der Waals surface area contributed by atoms with E-state index in [-0.39, 0.29) is 11.9 Å². The Bertz CT molecular complexity index is 153. The molecule has 0 bridgehead atoms. The first kappa shape index (κ1) is 9.52. The summed E-state index contributed by atoms with van der Waals surface area (Å²) in [5.74, 6) is 0.269. The number of hydrogen-bond donors (Lipinski definition) is 2. The first-order valence-corrected chi connectivity index (χ1v) is 4.72. The van der Waals surface area contributed by atoms with Crippen molar-refractivity contribution in [3.63, 3.8) is 0 Å². The van der Waals surface area contributed by atoms with Crippen LogP contribution >= 0.6 is 0 Å². The molecule has 1 aliphatic carbocycles. The fourth-order valence-corrected chi connectivity index (χ4v) is 2.08. The Morgan fingerprint density at radius 2 is 2.00 bits per heavy atom. The smallest absolute Gasteiger partial charge is 0.234 e. The first-order chi connectivity index (χ1) is 5.75. The number of likely N-dealkylation sites (N-methyl/N-ethyl adjacent to an activating group) is 1. The molecule has 1 amide bonds. The molecule has 0 unspecified atom stereocenters. The second-order valence-corrected chi connectivity index (χ2v) is 3.57. The summed E-state index contributed by atoms with van der Waals surface area (Å²) >= 11 is 0. The number of amides is 1. The molecule has 1 rings (SSSR count). The molecule has 0 aromatic rings. The maximum Gasteiger partial charge on any atom is 0.234 e. The highest BCUT2D eigenvalue weighted by atomic mass is 16.1. The molecular weight excluding hydrogens is 152 g/mol. The molecule has 3 nitrogen and oxygen atoms in total. The summed E-state index contributed by atoms with van der Waals surface area (Å²) < 4.78 is 0. The van der Waals surface area contributed by atoms with E-state index in [1.807, 2.05) is 7.05 Å². The third-order valence-corrected chi connectivity index (χ3v) is 2.74. The lowest BCUT2D eigenvalue weighted by Crippen LogP contribution is -2.45. The third kappa shape index (κ3) is 2.21. The van der Waals surface area contributed by atoms with Crippen LogP contribution in [0.1, 0.15) is 32.1 Å². The van der Waals surface area contributed by atoms with Crippen LogP contribution in [0.4, 0.5) is 0 Å². The zero-order chi connectivity index (χ0) is 8.97.